The van der Waals surface area contributed by atoms with Gasteiger partial charge in [0, 0.05) is 5.56 Å². The highest BCUT2D eigenvalue weighted by molar-refractivity contribution is 5.59. The number of aliphatic hydroxyl groups is 1. The van der Waals surface area contributed by atoms with Crippen LogP contribution in [0.25, 0.3) is 11.3 Å². The molecule has 0 spiro atoms. The molecule has 4 heteroatoms. The van der Waals surface area contributed by atoms with Crippen molar-refractivity contribution in [2.75, 3.05) is 0 Å². The normalized spacial score (nSPS) is 10.4. The predicted octanol–water partition coefficient (Wildman–Crippen LogP) is 1.71. The molecule has 0 radical (unpaired) electrons. The van der Waals surface area contributed by atoms with Gasteiger partial charge in [0.2, 0.25) is 0 Å². The third-order valence-corrected chi connectivity index (χ3v) is 1.95. The number of hydrogen-bond acceptors (Lipinski definition) is 2. The molecule has 72 valence electrons. The second-order valence-corrected chi connectivity index (χ2v) is 2.92. The van der Waals surface area contributed by atoms with Gasteiger partial charge in [-0.3, -0.25) is 5.10 Å². The molecule has 2 N–H and O–H groups in total. The minimum Gasteiger partial charge on any atom is -0.390 e. The van der Waals surface area contributed by atoms with E-state index in [1.54, 1.807) is 24.3 Å². The number of aromatic amines is 1. The first-order chi connectivity index (χ1) is 6.81. The summed E-state index contributed by atoms with van der Waals surface area (Å²) in [6.07, 6.45) is 0. The number of nitrogens with zero attached hydrogens (tertiary/aromatic N) is 1. The van der Waals surface area contributed by atoms with Crippen LogP contribution in [0.2, 0.25) is 0 Å². The highest BCUT2D eigenvalue weighted by atomic mass is 19.1. The first-order valence-corrected chi connectivity index (χ1v) is 4.21. The monoisotopic (exact) mass is 192 g/mol. The van der Waals surface area contributed by atoms with Crippen molar-refractivity contribution in [2.45, 2.75) is 6.61 Å². The largest absolute Gasteiger partial charge is 0.390 e. The standard InChI is InChI=1S/C10H9FN2O/c11-9-4-2-1-3-8(9)10-5-7(6-14)12-13-10/h1-5,14H,6H2,(H,12,13). The Morgan fingerprint density at radius 1 is 1.36 bits per heavy atom. The summed E-state index contributed by atoms with van der Waals surface area (Å²) in [7, 11) is 0. The van der Waals surface area contributed by atoms with E-state index in [-0.39, 0.29) is 12.4 Å². The maximum absolute atomic E-state index is 13.3. The number of nitrogens with one attached hydrogen (secondary N) is 1. The van der Waals surface area contributed by atoms with E-state index in [0.717, 1.165) is 0 Å². The second kappa shape index (κ2) is 3.59. The molecule has 0 saturated heterocycles. The molecule has 1 aromatic heterocycles. The van der Waals surface area contributed by atoms with E-state index in [2.05, 4.69) is 10.2 Å². The molecule has 1 heterocycles. The fraction of sp³-hybridized carbons (Fsp3) is 0.100. The summed E-state index contributed by atoms with van der Waals surface area (Å²) in [5.74, 6) is -0.316. The third kappa shape index (κ3) is 1.52. The minimum atomic E-state index is -0.316. The predicted molar refractivity (Wildman–Crippen MR) is 49.9 cm³/mol. The number of rotatable bonds is 2. The average molecular weight is 192 g/mol. The molecule has 2 aromatic rings. The summed E-state index contributed by atoms with van der Waals surface area (Å²) in [6.45, 7) is -0.124. The van der Waals surface area contributed by atoms with Gasteiger partial charge in [0.1, 0.15) is 5.82 Å². The molecule has 14 heavy (non-hydrogen) atoms. The van der Waals surface area contributed by atoms with Gasteiger partial charge < -0.3 is 5.11 Å². The molecule has 0 bridgehead atoms. The van der Waals surface area contributed by atoms with E-state index in [1.807, 2.05) is 0 Å². The van der Waals surface area contributed by atoms with Crippen molar-refractivity contribution in [1.82, 2.24) is 10.2 Å². The zero-order valence-corrected chi connectivity index (χ0v) is 7.37. The summed E-state index contributed by atoms with van der Waals surface area (Å²) in [5.41, 5.74) is 1.51. The van der Waals surface area contributed by atoms with Crippen LogP contribution in [0.15, 0.2) is 30.3 Å². The van der Waals surface area contributed by atoms with Crippen molar-refractivity contribution in [1.29, 1.82) is 0 Å². The molecule has 0 atom stereocenters. The topological polar surface area (TPSA) is 48.9 Å². The Hall–Kier alpha value is -1.68. The number of aromatic nitrogens is 2. The van der Waals surface area contributed by atoms with E-state index in [4.69, 9.17) is 5.11 Å². The number of halogens is 1. The SMILES string of the molecule is OCc1cc(-c2ccccc2F)n[nH]1. The van der Waals surface area contributed by atoms with Crippen LogP contribution in [0.4, 0.5) is 4.39 Å². The number of benzene rings is 1. The van der Waals surface area contributed by atoms with Gasteiger partial charge in [0.05, 0.1) is 18.0 Å². The fourth-order valence-electron chi connectivity index (χ4n) is 1.25. The highest BCUT2D eigenvalue weighted by Gasteiger charge is 2.07. The third-order valence-electron chi connectivity index (χ3n) is 1.95. The molecule has 0 fully saturated rings. The Morgan fingerprint density at radius 2 is 2.14 bits per heavy atom. The molecule has 3 nitrogen and oxygen atoms in total. The lowest BCUT2D eigenvalue weighted by atomic mass is 10.1. The second-order valence-electron chi connectivity index (χ2n) is 2.92. The fourth-order valence-corrected chi connectivity index (χ4v) is 1.25. The van der Waals surface area contributed by atoms with Crippen LogP contribution in [0.1, 0.15) is 5.69 Å². The van der Waals surface area contributed by atoms with Gasteiger partial charge in [-0.05, 0) is 18.2 Å². The van der Waals surface area contributed by atoms with Gasteiger partial charge in [-0.1, -0.05) is 12.1 Å². The van der Waals surface area contributed by atoms with Gasteiger partial charge in [0.25, 0.3) is 0 Å². The van der Waals surface area contributed by atoms with Gasteiger partial charge in [-0.15, -0.1) is 0 Å². The average Bonchev–Trinajstić information content (AvgIpc) is 2.67. The first kappa shape index (κ1) is 8.90. The van der Waals surface area contributed by atoms with Gasteiger partial charge in [-0.2, -0.15) is 5.10 Å². The molecular formula is C10H9FN2O. The van der Waals surface area contributed by atoms with E-state index in [1.165, 1.54) is 6.07 Å². The molecule has 2 rings (SSSR count). The van der Waals surface area contributed by atoms with Crippen LogP contribution in [0, 0.1) is 5.82 Å². The Balaban J connectivity index is 2.44. The summed E-state index contributed by atoms with van der Waals surface area (Å²) < 4.78 is 13.3. The maximum Gasteiger partial charge on any atom is 0.132 e. The van der Waals surface area contributed by atoms with Crippen LogP contribution in [0.5, 0.6) is 0 Å². The molecule has 0 saturated carbocycles. The molecule has 0 aliphatic heterocycles. The molecule has 0 aliphatic rings. The van der Waals surface area contributed by atoms with Crippen molar-refractivity contribution >= 4 is 0 Å². The van der Waals surface area contributed by atoms with Crippen LogP contribution in [-0.4, -0.2) is 15.3 Å². The van der Waals surface area contributed by atoms with E-state index >= 15 is 0 Å². The lowest BCUT2D eigenvalue weighted by Crippen LogP contribution is -1.82. The molecule has 0 unspecified atom stereocenters. The van der Waals surface area contributed by atoms with E-state index in [9.17, 15) is 4.39 Å². The summed E-state index contributed by atoms with van der Waals surface area (Å²) in [6, 6.07) is 8.01. The Bertz CT molecular complexity index is 439. The highest BCUT2D eigenvalue weighted by Crippen LogP contribution is 2.20. The van der Waals surface area contributed by atoms with Crippen LogP contribution < -0.4 is 0 Å². The number of aliphatic hydroxyl groups excluding tert-OH is 1. The van der Waals surface area contributed by atoms with Crippen molar-refractivity contribution in [3.63, 3.8) is 0 Å². The van der Waals surface area contributed by atoms with Crippen LogP contribution >= 0.6 is 0 Å². The Labute approximate surface area is 80.2 Å². The lowest BCUT2D eigenvalue weighted by Gasteiger charge is -1.96. The quantitative estimate of drug-likeness (QED) is 0.760. The van der Waals surface area contributed by atoms with E-state index in [0.29, 0.717) is 17.0 Å². The van der Waals surface area contributed by atoms with Crippen molar-refractivity contribution in [2.24, 2.45) is 0 Å². The Kier molecular flexibility index (Phi) is 2.28. The molecule has 0 aliphatic carbocycles. The minimum absolute atomic E-state index is 0.124. The van der Waals surface area contributed by atoms with Gasteiger partial charge >= 0.3 is 0 Å². The molecular weight excluding hydrogens is 183 g/mol. The zero-order valence-electron chi connectivity index (χ0n) is 7.37. The van der Waals surface area contributed by atoms with Gasteiger partial charge in [0.15, 0.2) is 0 Å². The van der Waals surface area contributed by atoms with Crippen LogP contribution in [0.3, 0.4) is 0 Å². The molecule has 0 amide bonds. The maximum atomic E-state index is 13.3. The van der Waals surface area contributed by atoms with Crippen molar-refractivity contribution in [3.8, 4) is 11.3 Å². The smallest absolute Gasteiger partial charge is 0.132 e. The summed E-state index contributed by atoms with van der Waals surface area (Å²) >= 11 is 0. The number of H-pyrrole nitrogens is 1. The van der Waals surface area contributed by atoms with Crippen molar-refractivity contribution in [3.05, 3.63) is 41.8 Å². The molecule has 1 aromatic carbocycles. The zero-order chi connectivity index (χ0) is 9.97. The van der Waals surface area contributed by atoms with Gasteiger partial charge in [-0.25, -0.2) is 4.39 Å². The summed E-state index contributed by atoms with van der Waals surface area (Å²) in [5, 5.41) is 15.3. The summed E-state index contributed by atoms with van der Waals surface area (Å²) in [4.78, 5) is 0. The Morgan fingerprint density at radius 3 is 2.79 bits per heavy atom. The van der Waals surface area contributed by atoms with Crippen molar-refractivity contribution < 1.29 is 9.50 Å². The number of hydrogen-bond donors (Lipinski definition) is 2. The van der Waals surface area contributed by atoms with E-state index < -0.39 is 0 Å². The first-order valence-electron chi connectivity index (χ1n) is 4.21. The lowest BCUT2D eigenvalue weighted by molar-refractivity contribution is 0.276. The van der Waals surface area contributed by atoms with Crippen LogP contribution in [-0.2, 0) is 6.61 Å².